The van der Waals surface area contributed by atoms with Crippen LogP contribution >= 0.6 is 0 Å². The van der Waals surface area contributed by atoms with Crippen molar-refractivity contribution in [2.45, 2.75) is 52.1 Å². The maximum absolute atomic E-state index is 12.2. The monoisotopic (exact) mass is 292 g/mol. The number of hydrogen-bond donors (Lipinski definition) is 2. The molecule has 116 valence electrons. The molecule has 1 atom stereocenters. The van der Waals surface area contributed by atoms with Crippen molar-refractivity contribution >= 4 is 5.91 Å². The molecular formula is C15H24N4O2. The smallest absolute Gasteiger partial charge is 0.251 e. The zero-order valence-electron chi connectivity index (χ0n) is 12.8. The van der Waals surface area contributed by atoms with Crippen LogP contribution in [0.25, 0.3) is 0 Å². The van der Waals surface area contributed by atoms with Crippen molar-refractivity contribution in [3.63, 3.8) is 0 Å². The molecule has 21 heavy (non-hydrogen) atoms. The van der Waals surface area contributed by atoms with Gasteiger partial charge in [-0.3, -0.25) is 14.5 Å². The number of carbonyl (C=O) groups is 1. The Hall–Kier alpha value is -1.69. The topological polar surface area (TPSA) is 78.1 Å². The summed E-state index contributed by atoms with van der Waals surface area (Å²) in [4.78, 5) is 32.6. The molecule has 0 saturated carbocycles. The first kappa shape index (κ1) is 15.7. The van der Waals surface area contributed by atoms with Gasteiger partial charge in [-0.15, -0.1) is 0 Å². The molecule has 0 aliphatic carbocycles. The van der Waals surface area contributed by atoms with E-state index in [1.807, 2.05) is 6.92 Å². The number of likely N-dealkylation sites (tertiary alicyclic amines) is 1. The first-order valence-corrected chi connectivity index (χ1v) is 7.65. The van der Waals surface area contributed by atoms with E-state index < -0.39 is 0 Å². The number of hydrogen-bond acceptors (Lipinski definition) is 4. The van der Waals surface area contributed by atoms with E-state index in [1.165, 1.54) is 18.9 Å². The maximum atomic E-state index is 12.2. The summed E-state index contributed by atoms with van der Waals surface area (Å²) < 4.78 is 0. The van der Waals surface area contributed by atoms with Gasteiger partial charge in [0.2, 0.25) is 5.91 Å². The largest absolute Gasteiger partial charge is 0.349 e. The number of amides is 1. The van der Waals surface area contributed by atoms with Gasteiger partial charge in [-0.25, -0.2) is 4.98 Å². The highest BCUT2D eigenvalue weighted by Gasteiger charge is 2.21. The van der Waals surface area contributed by atoms with Crippen LogP contribution < -0.4 is 10.9 Å². The molecule has 6 nitrogen and oxygen atoms in total. The fourth-order valence-electron chi connectivity index (χ4n) is 2.71. The SMILES string of the molecule is Cc1nc(CNC(=O)C(C)N2CCCCCC2)cc(=O)[nH]1. The highest BCUT2D eigenvalue weighted by molar-refractivity contribution is 5.81. The van der Waals surface area contributed by atoms with Gasteiger partial charge in [-0.05, 0) is 39.8 Å². The Labute approximate surface area is 125 Å². The first-order valence-electron chi connectivity index (χ1n) is 7.65. The van der Waals surface area contributed by atoms with Gasteiger partial charge < -0.3 is 10.3 Å². The van der Waals surface area contributed by atoms with E-state index in [9.17, 15) is 9.59 Å². The molecule has 1 aromatic rings. The number of aryl methyl sites for hydroxylation is 1. The van der Waals surface area contributed by atoms with Gasteiger partial charge in [0.15, 0.2) is 0 Å². The number of nitrogens with zero attached hydrogens (tertiary/aromatic N) is 2. The molecule has 1 unspecified atom stereocenters. The Balaban J connectivity index is 1.89. The van der Waals surface area contributed by atoms with Crippen LogP contribution in [-0.2, 0) is 11.3 Å². The molecule has 0 bridgehead atoms. The van der Waals surface area contributed by atoms with Crippen molar-refractivity contribution in [3.8, 4) is 0 Å². The summed E-state index contributed by atoms with van der Waals surface area (Å²) in [5.41, 5.74) is 0.403. The molecule has 2 heterocycles. The van der Waals surface area contributed by atoms with E-state index in [4.69, 9.17) is 0 Å². The minimum atomic E-state index is -0.188. The highest BCUT2D eigenvalue weighted by atomic mass is 16.2. The lowest BCUT2D eigenvalue weighted by Crippen LogP contribution is -2.45. The first-order chi connectivity index (χ1) is 10.1. The molecule has 0 radical (unpaired) electrons. The van der Waals surface area contributed by atoms with Crippen molar-refractivity contribution in [2.24, 2.45) is 0 Å². The molecule has 0 spiro atoms. The average Bonchev–Trinajstić information content (AvgIpc) is 2.72. The van der Waals surface area contributed by atoms with Gasteiger partial charge in [0.25, 0.3) is 5.56 Å². The van der Waals surface area contributed by atoms with E-state index in [0.29, 0.717) is 18.1 Å². The Bertz CT molecular complexity index is 533. The minimum Gasteiger partial charge on any atom is -0.349 e. The Kier molecular flexibility index (Phi) is 5.50. The summed E-state index contributed by atoms with van der Waals surface area (Å²) >= 11 is 0. The molecule has 1 aromatic heterocycles. The fraction of sp³-hybridized carbons (Fsp3) is 0.667. The van der Waals surface area contributed by atoms with Gasteiger partial charge in [0, 0.05) is 6.07 Å². The number of nitrogens with one attached hydrogen (secondary N) is 2. The van der Waals surface area contributed by atoms with Crippen molar-refractivity contribution < 1.29 is 4.79 Å². The number of aromatic amines is 1. The van der Waals surface area contributed by atoms with E-state index in [-0.39, 0.29) is 17.5 Å². The zero-order valence-corrected chi connectivity index (χ0v) is 12.8. The molecule has 1 aliphatic rings. The van der Waals surface area contributed by atoms with Crippen LogP contribution in [0.3, 0.4) is 0 Å². The zero-order chi connectivity index (χ0) is 15.2. The van der Waals surface area contributed by atoms with Gasteiger partial charge in [0.05, 0.1) is 18.3 Å². The van der Waals surface area contributed by atoms with Crippen molar-refractivity contribution in [2.75, 3.05) is 13.1 Å². The molecule has 1 fully saturated rings. The molecule has 2 N–H and O–H groups in total. The van der Waals surface area contributed by atoms with Crippen LogP contribution in [0, 0.1) is 6.92 Å². The van der Waals surface area contributed by atoms with Crippen LogP contribution in [-0.4, -0.2) is 39.9 Å². The van der Waals surface area contributed by atoms with Crippen LogP contribution in [0.5, 0.6) is 0 Å². The average molecular weight is 292 g/mol. The molecule has 0 aromatic carbocycles. The number of carbonyl (C=O) groups excluding carboxylic acids is 1. The summed E-state index contributed by atoms with van der Waals surface area (Å²) in [5, 5.41) is 2.87. The number of rotatable bonds is 4. The third-order valence-electron chi connectivity index (χ3n) is 3.92. The van der Waals surface area contributed by atoms with E-state index in [2.05, 4.69) is 20.2 Å². The highest BCUT2D eigenvalue weighted by Crippen LogP contribution is 2.12. The van der Waals surface area contributed by atoms with Gasteiger partial charge >= 0.3 is 0 Å². The standard InChI is InChI=1S/C15H24N4O2/c1-11(19-7-5-3-4-6-8-19)15(21)16-10-13-9-14(20)18-12(2)17-13/h9,11H,3-8,10H2,1-2H3,(H,16,21)(H,17,18,20). The number of H-pyrrole nitrogens is 1. The van der Waals surface area contributed by atoms with Crippen LogP contribution in [0.15, 0.2) is 10.9 Å². The van der Waals surface area contributed by atoms with E-state index >= 15 is 0 Å². The lowest BCUT2D eigenvalue weighted by Gasteiger charge is -2.26. The summed E-state index contributed by atoms with van der Waals surface area (Å²) in [6.45, 7) is 5.93. The third kappa shape index (κ3) is 4.67. The minimum absolute atomic E-state index is 0.00312. The maximum Gasteiger partial charge on any atom is 0.251 e. The van der Waals surface area contributed by atoms with Crippen molar-refractivity contribution in [3.05, 3.63) is 27.9 Å². The van der Waals surface area contributed by atoms with E-state index in [0.717, 1.165) is 25.9 Å². The number of aromatic nitrogens is 2. The summed E-state index contributed by atoms with van der Waals surface area (Å²) in [7, 11) is 0. The summed E-state index contributed by atoms with van der Waals surface area (Å²) in [5.74, 6) is 0.559. The lowest BCUT2D eigenvalue weighted by atomic mass is 10.2. The normalized spacial score (nSPS) is 18.0. The van der Waals surface area contributed by atoms with Crippen LogP contribution in [0.2, 0.25) is 0 Å². The fourth-order valence-corrected chi connectivity index (χ4v) is 2.71. The quantitative estimate of drug-likeness (QED) is 0.866. The predicted octanol–water partition coefficient (Wildman–Crippen LogP) is 0.959. The van der Waals surface area contributed by atoms with Crippen LogP contribution in [0.4, 0.5) is 0 Å². The Morgan fingerprint density at radius 2 is 2.05 bits per heavy atom. The second kappa shape index (κ2) is 7.36. The van der Waals surface area contributed by atoms with Crippen LogP contribution in [0.1, 0.15) is 44.1 Å². The molecule has 1 aliphatic heterocycles. The second-order valence-corrected chi connectivity index (χ2v) is 5.67. The molecule has 1 amide bonds. The van der Waals surface area contributed by atoms with Gasteiger partial charge in [-0.2, -0.15) is 0 Å². The molecule has 2 rings (SSSR count). The van der Waals surface area contributed by atoms with Crippen molar-refractivity contribution in [1.82, 2.24) is 20.2 Å². The second-order valence-electron chi connectivity index (χ2n) is 5.67. The Morgan fingerprint density at radius 1 is 1.38 bits per heavy atom. The van der Waals surface area contributed by atoms with E-state index in [1.54, 1.807) is 6.92 Å². The van der Waals surface area contributed by atoms with Crippen molar-refractivity contribution in [1.29, 1.82) is 0 Å². The predicted molar refractivity (Wildman–Crippen MR) is 80.9 cm³/mol. The summed E-state index contributed by atoms with van der Waals surface area (Å²) in [6.07, 6.45) is 4.82. The molecular weight excluding hydrogens is 268 g/mol. The molecule has 1 saturated heterocycles. The Morgan fingerprint density at radius 3 is 2.67 bits per heavy atom. The van der Waals surface area contributed by atoms with Gasteiger partial charge in [-0.1, -0.05) is 12.8 Å². The molecule has 6 heteroatoms. The summed E-state index contributed by atoms with van der Waals surface area (Å²) in [6, 6.07) is 1.29. The van der Waals surface area contributed by atoms with Gasteiger partial charge in [0.1, 0.15) is 5.82 Å². The lowest BCUT2D eigenvalue weighted by molar-refractivity contribution is -0.126. The third-order valence-corrected chi connectivity index (χ3v) is 3.92.